The molecule has 17 heavy (non-hydrogen) atoms. The molecule has 0 radical (unpaired) electrons. The van der Waals surface area contributed by atoms with Crippen LogP contribution in [-0.4, -0.2) is 26.2 Å². The van der Waals surface area contributed by atoms with Crippen LogP contribution >= 0.6 is 15.9 Å². The molecule has 1 fully saturated rings. The molecule has 0 aromatic heterocycles. The molecular weight excluding hydrogens is 278 g/mol. The lowest BCUT2D eigenvalue weighted by molar-refractivity contribution is -0.887. The first-order chi connectivity index (χ1) is 8.34. The van der Waals surface area contributed by atoms with Crippen molar-refractivity contribution >= 4 is 15.9 Å². The maximum absolute atomic E-state index is 5.71. The van der Waals surface area contributed by atoms with Crippen LogP contribution in [0.25, 0.3) is 0 Å². The minimum atomic E-state index is 0.837. The van der Waals surface area contributed by atoms with Gasteiger partial charge in [-0.3, -0.25) is 0 Å². The fourth-order valence-electron chi connectivity index (χ4n) is 2.35. The number of hydrogen-bond donors (Lipinski definition) is 1. The number of nitrogens with one attached hydrogen (secondary N) is 1. The molecule has 3 heteroatoms. The fraction of sp³-hybridized carbons (Fsp3) is 0.571. The molecule has 1 heterocycles. The van der Waals surface area contributed by atoms with Crippen molar-refractivity contribution in [2.45, 2.75) is 25.7 Å². The number of halogens is 1. The van der Waals surface area contributed by atoms with Crippen molar-refractivity contribution < 1.29 is 9.64 Å². The lowest BCUT2D eigenvalue weighted by atomic mass is 10.3. The largest absolute Gasteiger partial charge is 0.494 e. The predicted octanol–water partition coefficient (Wildman–Crippen LogP) is 2.29. The fourth-order valence-corrected chi connectivity index (χ4v) is 2.73. The zero-order chi connectivity index (χ0) is 11.9. The highest BCUT2D eigenvalue weighted by atomic mass is 79.9. The highest BCUT2D eigenvalue weighted by Gasteiger charge is 2.13. The summed E-state index contributed by atoms with van der Waals surface area (Å²) in [6, 6.07) is 8.06. The Morgan fingerprint density at radius 1 is 1.18 bits per heavy atom. The van der Waals surface area contributed by atoms with Gasteiger partial charge in [0.05, 0.1) is 26.2 Å². The van der Waals surface area contributed by atoms with E-state index in [1.807, 2.05) is 24.3 Å². The molecule has 0 saturated carbocycles. The van der Waals surface area contributed by atoms with Crippen LogP contribution in [0.5, 0.6) is 5.75 Å². The van der Waals surface area contributed by atoms with E-state index < -0.39 is 0 Å². The Labute approximate surface area is 112 Å². The number of likely N-dealkylation sites (tertiary alicyclic amines) is 1. The van der Waals surface area contributed by atoms with Gasteiger partial charge < -0.3 is 9.64 Å². The normalized spacial score (nSPS) is 16.3. The van der Waals surface area contributed by atoms with E-state index in [9.17, 15) is 0 Å². The standard InChI is InChI=1S/C14H20BrNO/c15-13-6-5-7-14(12-13)17-11-4-3-10-16-8-1-2-9-16/h5-7,12H,1-4,8-11H2/p+1. The van der Waals surface area contributed by atoms with Crippen molar-refractivity contribution in [1.82, 2.24) is 0 Å². The van der Waals surface area contributed by atoms with Gasteiger partial charge in [-0.1, -0.05) is 22.0 Å². The molecule has 0 unspecified atom stereocenters. The number of benzene rings is 1. The summed E-state index contributed by atoms with van der Waals surface area (Å²) in [6.45, 7) is 4.92. The maximum Gasteiger partial charge on any atom is 0.120 e. The first kappa shape index (κ1) is 12.9. The van der Waals surface area contributed by atoms with E-state index in [4.69, 9.17) is 4.74 Å². The molecule has 2 nitrogen and oxygen atoms in total. The first-order valence-corrected chi connectivity index (χ1v) is 7.36. The van der Waals surface area contributed by atoms with Gasteiger partial charge in [-0.05, 0) is 31.0 Å². The summed E-state index contributed by atoms with van der Waals surface area (Å²) in [5.41, 5.74) is 0. The van der Waals surface area contributed by atoms with Gasteiger partial charge in [0, 0.05) is 17.3 Å². The van der Waals surface area contributed by atoms with Crippen LogP contribution < -0.4 is 9.64 Å². The van der Waals surface area contributed by atoms with Crippen LogP contribution in [-0.2, 0) is 0 Å². The highest BCUT2D eigenvalue weighted by molar-refractivity contribution is 9.10. The Kier molecular flexibility index (Phi) is 5.33. The van der Waals surface area contributed by atoms with E-state index in [1.165, 1.54) is 38.9 Å². The molecule has 94 valence electrons. The van der Waals surface area contributed by atoms with E-state index in [0.29, 0.717) is 0 Å². The van der Waals surface area contributed by atoms with E-state index in [1.54, 1.807) is 4.90 Å². The summed E-state index contributed by atoms with van der Waals surface area (Å²) >= 11 is 3.45. The summed E-state index contributed by atoms with van der Waals surface area (Å²) in [4.78, 5) is 1.78. The third-order valence-electron chi connectivity index (χ3n) is 3.30. The SMILES string of the molecule is Brc1cccc(OCCCC[NH+]2CCCC2)c1. The van der Waals surface area contributed by atoms with E-state index in [-0.39, 0.29) is 0 Å². The van der Waals surface area contributed by atoms with Crippen LogP contribution in [0.15, 0.2) is 28.7 Å². The summed E-state index contributed by atoms with van der Waals surface area (Å²) in [7, 11) is 0. The molecule has 2 rings (SSSR count). The van der Waals surface area contributed by atoms with Crippen molar-refractivity contribution in [3.63, 3.8) is 0 Å². The van der Waals surface area contributed by atoms with Crippen molar-refractivity contribution in [3.05, 3.63) is 28.7 Å². The number of hydrogen-bond acceptors (Lipinski definition) is 1. The third-order valence-corrected chi connectivity index (χ3v) is 3.79. The Balaban J connectivity index is 1.56. The van der Waals surface area contributed by atoms with Crippen LogP contribution in [0.4, 0.5) is 0 Å². The number of ether oxygens (including phenoxy) is 1. The topological polar surface area (TPSA) is 13.7 Å². The number of quaternary nitrogens is 1. The average molecular weight is 299 g/mol. The number of rotatable bonds is 6. The third kappa shape index (κ3) is 4.68. The summed E-state index contributed by atoms with van der Waals surface area (Å²) < 4.78 is 6.79. The second kappa shape index (κ2) is 7.02. The Morgan fingerprint density at radius 3 is 2.76 bits per heavy atom. The smallest absolute Gasteiger partial charge is 0.120 e. The highest BCUT2D eigenvalue weighted by Crippen LogP contribution is 2.17. The van der Waals surface area contributed by atoms with Gasteiger partial charge in [-0.25, -0.2) is 0 Å². The van der Waals surface area contributed by atoms with Crippen LogP contribution in [0.2, 0.25) is 0 Å². The molecule has 1 saturated heterocycles. The van der Waals surface area contributed by atoms with Crippen molar-refractivity contribution in [1.29, 1.82) is 0 Å². The Hall–Kier alpha value is -0.540. The molecule has 1 aromatic carbocycles. The summed E-state index contributed by atoms with van der Waals surface area (Å²) in [5, 5.41) is 0. The van der Waals surface area contributed by atoms with Crippen molar-refractivity contribution in [2.75, 3.05) is 26.2 Å². The quantitative estimate of drug-likeness (QED) is 0.796. The van der Waals surface area contributed by atoms with Gasteiger partial charge in [-0.2, -0.15) is 0 Å². The minimum absolute atomic E-state index is 0.837. The molecular formula is C14H21BrNO+. The molecule has 0 bridgehead atoms. The van der Waals surface area contributed by atoms with Gasteiger partial charge in [0.25, 0.3) is 0 Å². The van der Waals surface area contributed by atoms with Gasteiger partial charge in [0.15, 0.2) is 0 Å². The zero-order valence-electron chi connectivity index (χ0n) is 10.3. The van der Waals surface area contributed by atoms with Crippen LogP contribution in [0.3, 0.4) is 0 Å². The Bertz CT molecular complexity index is 337. The molecule has 1 aliphatic heterocycles. The van der Waals surface area contributed by atoms with Crippen LogP contribution in [0.1, 0.15) is 25.7 Å². The molecule has 1 N–H and O–H groups in total. The van der Waals surface area contributed by atoms with E-state index in [0.717, 1.165) is 23.2 Å². The number of unbranched alkanes of at least 4 members (excludes halogenated alkanes) is 1. The summed E-state index contributed by atoms with van der Waals surface area (Å²) in [5.74, 6) is 0.966. The molecule has 1 aliphatic rings. The van der Waals surface area contributed by atoms with E-state index >= 15 is 0 Å². The van der Waals surface area contributed by atoms with Gasteiger partial charge in [0.1, 0.15) is 5.75 Å². The Morgan fingerprint density at radius 2 is 2.00 bits per heavy atom. The monoisotopic (exact) mass is 298 g/mol. The molecule has 0 amide bonds. The van der Waals surface area contributed by atoms with Gasteiger partial charge in [0.2, 0.25) is 0 Å². The van der Waals surface area contributed by atoms with Crippen LogP contribution in [0, 0.1) is 0 Å². The molecule has 1 aromatic rings. The molecule has 0 aliphatic carbocycles. The minimum Gasteiger partial charge on any atom is -0.494 e. The maximum atomic E-state index is 5.71. The predicted molar refractivity (Wildman–Crippen MR) is 73.7 cm³/mol. The van der Waals surface area contributed by atoms with Crippen molar-refractivity contribution in [3.8, 4) is 5.75 Å². The molecule has 0 atom stereocenters. The first-order valence-electron chi connectivity index (χ1n) is 6.56. The second-order valence-electron chi connectivity index (χ2n) is 4.72. The van der Waals surface area contributed by atoms with Crippen molar-refractivity contribution in [2.24, 2.45) is 0 Å². The lowest BCUT2D eigenvalue weighted by Crippen LogP contribution is -3.09. The molecule has 0 spiro atoms. The van der Waals surface area contributed by atoms with E-state index in [2.05, 4.69) is 15.9 Å². The zero-order valence-corrected chi connectivity index (χ0v) is 11.8. The summed E-state index contributed by atoms with van der Waals surface area (Å²) in [6.07, 6.45) is 5.28. The lowest BCUT2D eigenvalue weighted by Gasteiger charge is -2.11. The average Bonchev–Trinajstić information content (AvgIpc) is 2.82. The van der Waals surface area contributed by atoms with Gasteiger partial charge in [-0.15, -0.1) is 0 Å². The second-order valence-corrected chi connectivity index (χ2v) is 5.64. The van der Waals surface area contributed by atoms with Gasteiger partial charge >= 0.3 is 0 Å².